The highest BCUT2D eigenvalue weighted by Gasteiger charge is 2.13. The van der Waals surface area contributed by atoms with Gasteiger partial charge in [0.2, 0.25) is 0 Å². The molecule has 0 amide bonds. The van der Waals surface area contributed by atoms with Gasteiger partial charge in [0.05, 0.1) is 0 Å². The first-order valence-electron chi connectivity index (χ1n) is 6.49. The molecular weight excluding hydrogens is 226 g/mol. The van der Waals surface area contributed by atoms with Gasteiger partial charge >= 0.3 is 0 Å². The monoisotopic (exact) mass is 251 g/mol. The molecule has 1 aromatic rings. The number of likely N-dealkylation sites (N-methyl/N-ethyl adjacent to an activating group) is 1. The van der Waals surface area contributed by atoms with Crippen LogP contribution in [0.15, 0.2) is 6.33 Å². The largest absolute Gasteiger partial charge is 0.373 e. The average molecular weight is 251 g/mol. The molecule has 0 bridgehead atoms. The number of anilines is 2. The Labute approximate surface area is 110 Å². The lowest BCUT2D eigenvalue weighted by atomic mass is 10.2. The van der Waals surface area contributed by atoms with Crippen molar-refractivity contribution in [2.75, 3.05) is 51.0 Å². The molecule has 5 heteroatoms. The van der Waals surface area contributed by atoms with Crippen molar-refractivity contribution in [1.29, 1.82) is 0 Å². The lowest BCUT2D eigenvalue weighted by Gasteiger charge is -2.26. The smallest absolute Gasteiger partial charge is 0.137 e. The Morgan fingerprint density at radius 1 is 1.17 bits per heavy atom. The fourth-order valence-electron chi connectivity index (χ4n) is 1.93. The molecule has 0 spiro atoms. The number of aromatic nitrogens is 2. The summed E-state index contributed by atoms with van der Waals surface area (Å²) >= 11 is 0. The van der Waals surface area contributed by atoms with Crippen LogP contribution in [-0.2, 0) is 0 Å². The Hall–Kier alpha value is -1.36. The van der Waals surface area contributed by atoms with Crippen molar-refractivity contribution in [3.63, 3.8) is 0 Å². The van der Waals surface area contributed by atoms with Crippen LogP contribution in [0.2, 0.25) is 0 Å². The van der Waals surface area contributed by atoms with Crippen LogP contribution in [0.1, 0.15) is 18.9 Å². The molecule has 0 radical (unpaired) electrons. The summed E-state index contributed by atoms with van der Waals surface area (Å²) in [6.45, 7) is 7.30. The minimum atomic E-state index is 0.908. The number of rotatable bonds is 7. The molecule has 1 aromatic heterocycles. The summed E-state index contributed by atoms with van der Waals surface area (Å²) < 4.78 is 0. The van der Waals surface area contributed by atoms with Gasteiger partial charge in [0, 0.05) is 32.2 Å². The second-order valence-corrected chi connectivity index (χ2v) is 4.71. The molecule has 0 aliphatic carbocycles. The topological polar surface area (TPSA) is 44.3 Å². The van der Waals surface area contributed by atoms with Crippen LogP contribution < -0.4 is 10.2 Å². The average Bonchev–Trinajstić information content (AvgIpc) is 2.35. The molecule has 18 heavy (non-hydrogen) atoms. The van der Waals surface area contributed by atoms with Crippen LogP contribution in [0.3, 0.4) is 0 Å². The summed E-state index contributed by atoms with van der Waals surface area (Å²) in [4.78, 5) is 13.2. The third kappa shape index (κ3) is 3.84. The number of hydrogen-bond donors (Lipinski definition) is 1. The van der Waals surface area contributed by atoms with Crippen molar-refractivity contribution < 1.29 is 0 Å². The molecule has 1 N–H and O–H groups in total. The van der Waals surface area contributed by atoms with Crippen LogP contribution in [0, 0.1) is 6.92 Å². The Morgan fingerprint density at radius 2 is 1.89 bits per heavy atom. The van der Waals surface area contributed by atoms with E-state index in [1.54, 1.807) is 6.33 Å². The molecule has 0 unspecified atom stereocenters. The molecule has 0 aromatic carbocycles. The Balaban J connectivity index is 2.90. The fraction of sp³-hybridized carbons (Fsp3) is 0.692. The minimum absolute atomic E-state index is 0.908. The third-order valence-corrected chi connectivity index (χ3v) is 2.90. The quantitative estimate of drug-likeness (QED) is 0.797. The van der Waals surface area contributed by atoms with Gasteiger partial charge in [-0.2, -0.15) is 0 Å². The summed E-state index contributed by atoms with van der Waals surface area (Å²) in [7, 11) is 6.08. The summed E-state index contributed by atoms with van der Waals surface area (Å²) in [5.41, 5.74) is 1.12. The van der Waals surface area contributed by atoms with Crippen molar-refractivity contribution in [2.45, 2.75) is 20.3 Å². The van der Waals surface area contributed by atoms with Gasteiger partial charge < -0.3 is 15.1 Å². The summed E-state index contributed by atoms with van der Waals surface area (Å²) in [6, 6.07) is 0. The standard InChI is InChI=1S/C13H25N5/c1-6-7-18(9-8-17(4)5)13-11(2)12(14-3)15-10-16-13/h10H,6-9H2,1-5H3,(H,14,15,16). The maximum Gasteiger partial charge on any atom is 0.137 e. The Bertz CT molecular complexity index is 364. The summed E-state index contributed by atoms with van der Waals surface area (Å²) in [5, 5.41) is 3.11. The van der Waals surface area contributed by atoms with Crippen molar-refractivity contribution in [3.8, 4) is 0 Å². The highest BCUT2D eigenvalue weighted by Crippen LogP contribution is 2.21. The molecule has 1 heterocycles. The predicted molar refractivity (Wildman–Crippen MR) is 77.4 cm³/mol. The van der Waals surface area contributed by atoms with Crippen LogP contribution in [0.25, 0.3) is 0 Å². The van der Waals surface area contributed by atoms with Gasteiger partial charge in [-0.05, 0) is 27.4 Å². The lowest BCUT2D eigenvalue weighted by Crippen LogP contribution is -2.33. The first kappa shape index (κ1) is 14.7. The van der Waals surface area contributed by atoms with Gasteiger partial charge in [-0.25, -0.2) is 9.97 Å². The molecule has 0 saturated carbocycles. The number of nitrogens with zero attached hydrogens (tertiary/aromatic N) is 4. The summed E-state index contributed by atoms with van der Waals surface area (Å²) in [5.74, 6) is 1.95. The van der Waals surface area contributed by atoms with E-state index in [2.05, 4.69) is 53.0 Å². The van der Waals surface area contributed by atoms with E-state index in [-0.39, 0.29) is 0 Å². The van der Waals surface area contributed by atoms with E-state index in [4.69, 9.17) is 0 Å². The number of nitrogens with one attached hydrogen (secondary N) is 1. The van der Waals surface area contributed by atoms with Crippen molar-refractivity contribution in [3.05, 3.63) is 11.9 Å². The molecule has 0 atom stereocenters. The highest BCUT2D eigenvalue weighted by atomic mass is 15.2. The zero-order valence-electron chi connectivity index (χ0n) is 12.2. The van der Waals surface area contributed by atoms with Crippen LogP contribution in [0.5, 0.6) is 0 Å². The zero-order chi connectivity index (χ0) is 13.5. The first-order valence-corrected chi connectivity index (χ1v) is 6.49. The van der Waals surface area contributed by atoms with Gasteiger partial charge in [0.15, 0.2) is 0 Å². The van der Waals surface area contributed by atoms with Gasteiger partial charge in [-0.3, -0.25) is 0 Å². The van der Waals surface area contributed by atoms with Crippen LogP contribution in [0.4, 0.5) is 11.6 Å². The molecule has 5 nitrogen and oxygen atoms in total. The Kier molecular flexibility index (Phi) is 5.85. The molecule has 1 rings (SSSR count). The van der Waals surface area contributed by atoms with E-state index in [9.17, 15) is 0 Å². The SMILES string of the molecule is CCCN(CCN(C)C)c1ncnc(NC)c1C. The Morgan fingerprint density at radius 3 is 2.44 bits per heavy atom. The van der Waals surface area contributed by atoms with E-state index < -0.39 is 0 Å². The first-order chi connectivity index (χ1) is 8.60. The second-order valence-electron chi connectivity index (χ2n) is 4.71. The van der Waals surface area contributed by atoms with Gasteiger partial charge in [0.1, 0.15) is 18.0 Å². The molecule has 0 fully saturated rings. The third-order valence-electron chi connectivity index (χ3n) is 2.90. The normalized spacial score (nSPS) is 10.8. The highest BCUT2D eigenvalue weighted by molar-refractivity contribution is 5.57. The molecule has 102 valence electrons. The maximum atomic E-state index is 4.44. The van der Waals surface area contributed by atoms with E-state index in [1.165, 1.54) is 0 Å². The fourth-order valence-corrected chi connectivity index (χ4v) is 1.93. The van der Waals surface area contributed by atoms with Crippen molar-refractivity contribution >= 4 is 11.6 Å². The maximum absolute atomic E-state index is 4.44. The molecule has 0 saturated heterocycles. The predicted octanol–water partition coefficient (Wildman–Crippen LogP) is 1.60. The van der Waals surface area contributed by atoms with E-state index in [1.807, 2.05) is 7.05 Å². The van der Waals surface area contributed by atoms with E-state index in [0.717, 1.165) is 43.3 Å². The number of hydrogen-bond acceptors (Lipinski definition) is 5. The summed E-state index contributed by atoms with van der Waals surface area (Å²) in [6.07, 6.45) is 2.75. The molecular formula is C13H25N5. The second kappa shape index (κ2) is 7.16. The minimum Gasteiger partial charge on any atom is -0.373 e. The zero-order valence-corrected chi connectivity index (χ0v) is 12.2. The van der Waals surface area contributed by atoms with Crippen molar-refractivity contribution in [2.24, 2.45) is 0 Å². The van der Waals surface area contributed by atoms with Crippen LogP contribution in [-0.4, -0.2) is 55.6 Å². The molecule has 0 aliphatic rings. The van der Waals surface area contributed by atoms with Crippen molar-refractivity contribution in [1.82, 2.24) is 14.9 Å². The van der Waals surface area contributed by atoms with E-state index in [0.29, 0.717) is 0 Å². The molecule has 0 aliphatic heterocycles. The van der Waals surface area contributed by atoms with Gasteiger partial charge in [-0.1, -0.05) is 6.92 Å². The van der Waals surface area contributed by atoms with Gasteiger partial charge in [0.25, 0.3) is 0 Å². The van der Waals surface area contributed by atoms with Crippen LogP contribution >= 0.6 is 0 Å². The van der Waals surface area contributed by atoms with E-state index >= 15 is 0 Å². The van der Waals surface area contributed by atoms with Gasteiger partial charge in [-0.15, -0.1) is 0 Å². The lowest BCUT2D eigenvalue weighted by molar-refractivity contribution is 0.412.